The van der Waals surface area contributed by atoms with E-state index in [1.54, 1.807) is 7.11 Å². The van der Waals surface area contributed by atoms with Gasteiger partial charge in [-0.25, -0.2) is 0 Å². The maximum atomic E-state index is 12.7. The monoisotopic (exact) mass is 397 g/mol. The molecule has 1 amide bonds. The minimum Gasteiger partial charge on any atom is -0.496 e. The van der Waals surface area contributed by atoms with Crippen molar-refractivity contribution in [1.82, 2.24) is 4.57 Å². The average molecular weight is 398 g/mol. The van der Waals surface area contributed by atoms with Gasteiger partial charge in [-0.05, 0) is 44.4 Å². The normalized spacial score (nSPS) is 14.5. The predicted octanol–water partition coefficient (Wildman–Crippen LogP) is 5.22. The number of ether oxygens (including phenoxy) is 1. The number of methoxy groups -OCH3 is 1. The van der Waals surface area contributed by atoms with Gasteiger partial charge >= 0.3 is 0 Å². The first-order chi connectivity index (χ1) is 13.6. The Kier molecular flexibility index (Phi) is 6.69. The van der Waals surface area contributed by atoms with E-state index in [0.717, 1.165) is 34.7 Å². The van der Waals surface area contributed by atoms with Crippen LogP contribution in [-0.4, -0.2) is 23.3 Å². The van der Waals surface area contributed by atoms with E-state index in [1.807, 2.05) is 38.1 Å². The minimum atomic E-state index is -0.109. The van der Waals surface area contributed by atoms with Gasteiger partial charge in [0, 0.05) is 16.6 Å². The van der Waals surface area contributed by atoms with Crippen LogP contribution in [0.4, 0.5) is 5.82 Å². The van der Waals surface area contributed by atoms with Gasteiger partial charge in [-0.1, -0.05) is 31.4 Å². The molecule has 1 aliphatic carbocycles. The summed E-state index contributed by atoms with van der Waals surface area (Å²) < 4.78 is 7.54. The van der Waals surface area contributed by atoms with E-state index in [2.05, 4.69) is 16.0 Å². The highest BCUT2D eigenvalue weighted by atomic mass is 32.2. The highest BCUT2D eigenvalue weighted by Crippen LogP contribution is 2.37. The highest BCUT2D eigenvalue weighted by Gasteiger charge is 2.25. The maximum absolute atomic E-state index is 12.7. The van der Waals surface area contributed by atoms with Gasteiger partial charge in [-0.3, -0.25) is 4.79 Å². The van der Waals surface area contributed by atoms with Crippen molar-refractivity contribution in [2.75, 3.05) is 18.2 Å². The van der Waals surface area contributed by atoms with Crippen molar-refractivity contribution in [2.24, 2.45) is 0 Å². The van der Waals surface area contributed by atoms with Crippen LogP contribution in [0.1, 0.15) is 55.0 Å². The Bertz CT molecular complexity index is 892. The molecule has 0 bridgehead atoms. The zero-order chi connectivity index (χ0) is 20.1. The molecule has 0 aliphatic heterocycles. The fraction of sp³-hybridized carbons (Fsp3) is 0.455. The molecule has 0 unspecified atom stereocenters. The number of amides is 1. The Labute approximate surface area is 171 Å². The van der Waals surface area contributed by atoms with Crippen molar-refractivity contribution in [3.8, 4) is 11.8 Å². The first-order valence-corrected chi connectivity index (χ1v) is 10.7. The standard InChI is InChI=1S/C22H27N3O2S/c1-15-16(2)25(17-9-5-4-6-10-17)22(18(15)13-23)24-21(26)14-28-20-12-8-7-11-19(20)27-3/h7-8,11-12,17H,4-6,9-10,14H2,1-3H3,(H,24,26). The van der Waals surface area contributed by atoms with E-state index < -0.39 is 0 Å². The van der Waals surface area contributed by atoms with Crippen molar-refractivity contribution in [3.05, 3.63) is 41.1 Å². The summed E-state index contributed by atoms with van der Waals surface area (Å²) in [6.45, 7) is 4.01. The van der Waals surface area contributed by atoms with Gasteiger partial charge in [0.15, 0.2) is 0 Å². The highest BCUT2D eigenvalue weighted by molar-refractivity contribution is 8.00. The van der Waals surface area contributed by atoms with Gasteiger partial charge < -0.3 is 14.6 Å². The van der Waals surface area contributed by atoms with Gasteiger partial charge in [-0.15, -0.1) is 11.8 Å². The third-order valence-corrected chi connectivity index (χ3v) is 6.55. The molecule has 1 heterocycles. The smallest absolute Gasteiger partial charge is 0.235 e. The molecule has 6 heteroatoms. The summed E-state index contributed by atoms with van der Waals surface area (Å²) in [6.07, 6.45) is 5.84. The molecule has 1 aliphatic rings. The molecule has 3 rings (SSSR count). The molecule has 28 heavy (non-hydrogen) atoms. The first kappa shape index (κ1) is 20.3. The minimum absolute atomic E-state index is 0.109. The van der Waals surface area contributed by atoms with Crippen molar-refractivity contribution < 1.29 is 9.53 Å². The summed E-state index contributed by atoms with van der Waals surface area (Å²) >= 11 is 1.44. The van der Waals surface area contributed by atoms with Crippen LogP contribution in [0.25, 0.3) is 0 Å². The number of carbonyl (C=O) groups excluding carboxylic acids is 1. The lowest BCUT2D eigenvalue weighted by Gasteiger charge is -2.27. The molecule has 1 fully saturated rings. The number of nitriles is 1. The number of nitrogens with one attached hydrogen (secondary N) is 1. The van der Waals surface area contributed by atoms with Gasteiger partial charge in [-0.2, -0.15) is 5.26 Å². The number of benzene rings is 1. The van der Waals surface area contributed by atoms with Crippen LogP contribution in [-0.2, 0) is 4.79 Å². The Morgan fingerprint density at radius 2 is 2.00 bits per heavy atom. The number of thioether (sulfide) groups is 1. The van der Waals surface area contributed by atoms with Crippen LogP contribution < -0.4 is 10.1 Å². The summed E-state index contributed by atoms with van der Waals surface area (Å²) in [7, 11) is 1.63. The summed E-state index contributed by atoms with van der Waals surface area (Å²) in [5.41, 5.74) is 2.62. The third kappa shape index (κ3) is 4.20. The molecular formula is C22H27N3O2S. The molecule has 148 valence electrons. The van der Waals surface area contributed by atoms with Crippen molar-refractivity contribution in [3.63, 3.8) is 0 Å². The maximum Gasteiger partial charge on any atom is 0.235 e. The van der Waals surface area contributed by atoms with Crippen LogP contribution in [0.3, 0.4) is 0 Å². The van der Waals surface area contributed by atoms with Crippen LogP contribution in [0.15, 0.2) is 29.2 Å². The van der Waals surface area contributed by atoms with Gasteiger partial charge in [0.2, 0.25) is 5.91 Å². The summed E-state index contributed by atoms with van der Waals surface area (Å²) in [5.74, 6) is 1.58. The molecular weight excluding hydrogens is 370 g/mol. The lowest BCUT2D eigenvalue weighted by molar-refractivity contribution is -0.113. The van der Waals surface area contributed by atoms with Crippen LogP contribution in [0, 0.1) is 25.2 Å². The van der Waals surface area contributed by atoms with E-state index in [4.69, 9.17) is 4.74 Å². The molecule has 1 aromatic carbocycles. The van der Waals surface area contributed by atoms with Gasteiger partial charge in [0.1, 0.15) is 17.6 Å². The predicted molar refractivity (Wildman–Crippen MR) is 113 cm³/mol. The second kappa shape index (κ2) is 9.20. The number of rotatable bonds is 6. The van der Waals surface area contributed by atoms with Crippen molar-refractivity contribution >= 4 is 23.5 Å². The SMILES string of the molecule is COc1ccccc1SCC(=O)Nc1c(C#N)c(C)c(C)n1C1CCCCC1. The fourth-order valence-electron chi connectivity index (χ4n) is 3.93. The first-order valence-electron chi connectivity index (χ1n) is 9.74. The molecule has 2 aromatic rings. The van der Waals surface area contributed by atoms with Gasteiger partial charge in [0.25, 0.3) is 0 Å². The second-order valence-electron chi connectivity index (χ2n) is 7.20. The van der Waals surface area contributed by atoms with Crippen molar-refractivity contribution in [1.29, 1.82) is 5.26 Å². The number of hydrogen-bond donors (Lipinski definition) is 1. The van der Waals surface area contributed by atoms with Crippen LogP contribution in [0.5, 0.6) is 5.75 Å². The Morgan fingerprint density at radius 3 is 2.68 bits per heavy atom. The molecule has 0 spiro atoms. The molecule has 1 N–H and O–H groups in total. The number of anilines is 1. The number of aromatic nitrogens is 1. The van der Waals surface area contributed by atoms with E-state index in [9.17, 15) is 10.1 Å². The number of hydrogen-bond acceptors (Lipinski definition) is 4. The lowest BCUT2D eigenvalue weighted by Crippen LogP contribution is -2.21. The molecule has 0 atom stereocenters. The van der Waals surface area contributed by atoms with Crippen LogP contribution >= 0.6 is 11.8 Å². The number of carbonyl (C=O) groups is 1. The topological polar surface area (TPSA) is 67.0 Å². The van der Waals surface area contributed by atoms with Crippen LogP contribution in [0.2, 0.25) is 0 Å². The summed E-state index contributed by atoms with van der Waals surface area (Å²) in [5, 5.41) is 12.7. The molecule has 0 saturated heterocycles. The number of nitrogens with zero attached hydrogens (tertiary/aromatic N) is 2. The van der Waals surface area contributed by atoms with Gasteiger partial charge in [0.05, 0.1) is 18.4 Å². The largest absolute Gasteiger partial charge is 0.496 e. The average Bonchev–Trinajstić information content (AvgIpc) is 2.96. The van der Waals surface area contributed by atoms with E-state index in [0.29, 0.717) is 17.4 Å². The molecule has 0 radical (unpaired) electrons. The lowest BCUT2D eigenvalue weighted by atomic mass is 9.95. The summed E-state index contributed by atoms with van der Waals surface area (Å²) in [6, 6.07) is 10.3. The van der Waals surface area contributed by atoms with Crippen molar-refractivity contribution in [2.45, 2.75) is 56.9 Å². The third-order valence-electron chi connectivity index (χ3n) is 5.49. The fourth-order valence-corrected chi connectivity index (χ4v) is 4.76. The molecule has 5 nitrogen and oxygen atoms in total. The Morgan fingerprint density at radius 1 is 1.29 bits per heavy atom. The molecule has 1 saturated carbocycles. The zero-order valence-electron chi connectivity index (χ0n) is 16.7. The quantitative estimate of drug-likeness (QED) is 0.679. The number of para-hydroxylation sites is 1. The second-order valence-corrected chi connectivity index (χ2v) is 8.21. The van der Waals surface area contributed by atoms with E-state index >= 15 is 0 Å². The Hall–Kier alpha value is -2.39. The van der Waals surface area contributed by atoms with E-state index in [-0.39, 0.29) is 11.7 Å². The Balaban J connectivity index is 1.80. The van der Waals surface area contributed by atoms with E-state index in [1.165, 1.54) is 31.0 Å². The zero-order valence-corrected chi connectivity index (χ0v) is 17.6. The molecule has 1 aromatic heterocycles. The summed E-state index contributed by atoms with van der Waals surface area (Å²) in [4.78, 5) is 13.6.